The minimum atomic E-state index is -0.103. The zero-order valence-corrected chi connectivity index (χ0v) is 22.7. The Hall–Kier alpha value is -4.49. The molecule has 7 heteroatoms. The van der Waals surface area contributed by atoms with E-state index in [9.17, 15) is 0 Å². The molecule has 1 aliphatic heterocycles. The summed E-state index contributed by atoms with van der Waals surface area (Å²) in [6.07, 6.45) is 5.52. The molecule has 0 bridgehead atoms. The van der Waals surface area contributed by atoms with Crippen LogP contribution in [0.5, 0.6) is 11.5 Å². The first kappa shape index (κ1) is 24.8. The Labute approximate surface area is 233 Å². The number of aryl methyl sites for hydroxylation is 1. The summed E-state index contributed by atoms with van der Waals surface area (Å²) in [5.74, 6) is 1.58. The van der Waals surface area contributed by atoms with Gasteiger partial charge in [0.2, 0.25) is 0 Å². The topological polar surface area (TPSA) is 55.2 Å². The highest BCUT2D eigenvalue weighted by Crippen LogP contribution is 2.43. The van der Waals surface area contributed by atoms with E-state index in [2.05, 4.69) is 70.0 Å². The van der Waals surface area contributed by atoms with Crippen molar-refractivity contribution < 1.29 is 4.74 Å². The van der Waals surface area contributed by atoms with Gasteiger partial charge in [-0.05, 0) is 104 Å². The number of nitrogens with one attached hydrogen (secondary N) is 1. The molecule has 0 unspecified atom stereocenters. The molecule has 2 atom stereocenters. The summed E-state index contributed by atoms with van der Waals surface area (Å²) < 4.78 is 8.39. The molecule has 1 saturated heterocycles. The molecule has 2 aromatic carbocycles. The van der Waals surface area contributed by atoms with Crippen LogP contribution in [0.4, 0.5) is 5.69 Å². The Balaban J connectivity index is 1.38. The molecule has 1 N–H and O–H groups in total. The smallest absolute Gasteiger partial charge is 0.174 e. The molecular formula is C32H29N5OS. The fraction of sp³-hybridized carbons (Fsp3) is 0.156. The van der Waals surface area contributed by atoms with Crippen molar-refractivity contribution in [3.63, 3.8) is 0 Å². The van der Waals surface area contributed by atoms with Crippen LogP contribution in [0.2, 0.25) is 0 Å². The number of benzene rings is 2. The molecule has 0 saturated carbocycles. The Morgan fingerprint density at radius 2 is 1.56 bits per heavy atom. The third-order valence-corrected chi connectivity index (χ3v) is 7.53. The number of aromatic nitrogens is 3. The van der Waals surface area contributed by atoms with Crippen molar-refractivity contribution in [2.24, 2.45) is 0 Å². The maximum absolute atomic E-state index is 6.03. The first-order chi connectivity index (χ1) is 19.1. The van der Waals surface area contributed by atoms with Crippen molar-refractivity contribution >= 4 is 23.0 Å². The fourth-order valence-corrected chi connectivity index (χ4v) is 5.64. The summed E-state index contributed by atoms with van der Waals surface area (Å²) in [6.45, 7) is 5.13. The van der Waals surface area contributed by atoms with Crippen molar-refractivity contribution in [3.8, 4) is 11.5 Å². The molecule has 4 heterocycles. The van der Waals surface area contributed by atoms with Crippen LogP contribution in [-0.2, 0) is 6.54 Å². The van der Waals surface area contributed by atoms with Gasteiger partial charge in [-0.25, -0.2) is 0 Å². The number of hydrogen-bond donors (Lipinski definition) is 1. The van der Waals surface area contributed by atoms with Crippen LogP contribution < -0.4 is 15.0 Å². The van der Waals surface area contributed by atoms with E-state index in [0.29, 0.717) is 5.11 Å². The summed E-state index contributed by atoms with van der Waals surface area (Å²) in [4.78, 5) is 11.1. The van der Waals surface area contributed by atoms with Gasteiger partial charge in [0.05, 0.1) is 17.8 Å². The molecule has 6 nitrogen and oxygen atoms in total. The Morgan fingerprint density at radius 3 is 2.28 bits per heavy atom. The molecule has 0 amide bonds. The maximum Gasteiger partial charge on any atom is 0.174 e. The van der Waals surface area contributed by atoms with E-state index < -0.39 is 0 Å². The van der Waals surface area contributed by atoms with Gasteiger partial charge in [-0.15, -0.1) is 0 Å². The number of thiocarbonyl (C=S) groups is 1. The second-order valence-corrected chi connectivity index (χ2v) is 10.1. The zero-order chi connectivity index (χ0) is 26.8. The average molecular weight is 532 g/mol. The minimum absolute atomic E-state index is 0.0781. The Bertz CT molecular complexity index is 1570. The number of nitrogens with zero attached hydrogens (tertiary/aromatic N) is 4. The highest BCUT2D eigenvalue weighted by atomic mass is 32.1. The second kappa shape index (κ2) is 10.7. The number of para-hydroxylation sites is 1. The van der Waals surface area contributed by atoms with E-state index in [1.54, 1.807) is 0 Å². The van der Waals surface area contributed by atoms with E-state index in [1.165, 1.54) is 22.5 Å². The molecule has 39 heavy (non-hydrogen) atoms. The Morgan fingerprint density at radius 1 is 0.846 bits per heavy atom. The predicted octanol–water partition coefficient (Wildman–Crippen LogP) is 6.91. The highest BCUT2D eigenvalue weighted by Gasteiger charge is 2.42. The van der Waals surface area contributed by atoms with E-state index in [1.807, 2.05) is 73.2 Å². The van der Waals surface area contributed by atoms with Crippen molar-refractivity contribution in [1.29, 1.82) is 0 Å². The van der Waals surface area contributed by atoms with Gasteiger partial charge < -0.3 is 19.5 Å². The number of hydrogen-bond acceptors (Lipinski definition) is 4. The van der Waals surface area contributed by atoms with Crippen LogP contribution in [0.3, 0.4) is 0 Å². The van der Waals surface area contributed by atoms with Gasteiger partial charge in [0.15, 0.2) is 5.11 Å². The lowest BCUT2D eigenvalue weighted by molar-refractivity contribution is 0.482. The van der Waals surface area contributed by atoms with Crippen LogP contribution in [0.25, 0.3) is 0 Å². The number of anilines is 1. The van der Waals surface area contributed by atoms with Crippen molar-refractivity contribution in [2.75, 3.05) is 4.90 Å². The normalized spacial score (nSPS) is 16.8. The molecule has 194 valence electrons. The SMILES string of the molecule is Cc1cc([C@@H]2[C@@H](c3ccccn3)NC(=S)N2c2ccc(Oc3ccccc3)cc2)c(C)n1Cc1ccncc1. The second-order valence-electron chi connectivity index (χ2n) is 9.67. The van der Waals surface area contributed by atoms with E-state index in [-0.39, 0.29) is 12.1 Å². The summed E-state index contributed by atoms with van der Waals surface area (Å²) in [7, 11) is 0. The Kier molecular flexibility index (Phi) is 6.82. The van der Waals surface area contributed by atoms with Crippen molar-refractivity contribution in [1.82, 2.24) is 19.9 Å². The molecule has 1 fully saturated rings. The van der Waals surface area contributed by atoms with Crippen LogP contribution in [0.15, 0.2) is 110 Å². The van der Waals surface area contributed by atoms with Crippen molar-refractivity contribution in [2.45, 2.75) is 32.5 Å². The third-order valence-electron chi connectivity index (χ3n) is 7.21. The first-order valence-corrected chi connectivity index (χ1v) is 13.4. The molecular weight excluding hydrogens is 502 g/mol. The summed E-state index contributed by atoms with van der Waals surface area (Å²) in [5, 5.41) is 4.25. The number of rotatable bonds is 7. The minimum Gasteiger partial charge on any atom is -0.457 e. The predicted molar refractivity (Wildman–Crippen MR) is 158 cm³/mol. The van der Waals surface area contributed by atoms with Gasteiger partial charge >= 0.3 is 0 Å². The van der Waals surface area contributed by atoms with Crippen LogP contribution >= 0.6 is 12.2 Å². The lowest BCUT2D eigenvalue weighted by Crippen LogP contribution is -2.29. The number of pyridine rings is 2. The standard InChI is InChI=1S/C32H29N5OS/c1-22-20-28(23(2)36(22)21-24-15-18-33-19-16-24)31-30(29-10-6-7-17-34-29)35-32(39)37(31)25-11-13-27(14-12-25)38-26-8-4-3-5-9-26/h3-20,30-31H,21H2,1-2H3,(H,35,39)/t30-,31-/m1/s1. The molecule has 3 aromatic heterocycles. The molecule has 0 spiro atoms. The van der Waals surface area contributed by atoms with Gasteiger partial charge in [0.1, 0.15) is 11.5 Å². The summed E-state index contributed by atoms with van der Waals surface area (Å²) >= 11 is 5.94. The van der Waals surface area contributed by atoms with Gasteiger partial charge in [-0.2, -0.15) is 0 Å². The van der Waals surface area contributed by atoms with Crippen LogP contribution in [0.1, 0.15) is 40.3 Å². The summed E-state index contributed by atoms with van der Waals surface area (Å²) in [6, 6.07) is 30.2. The lowest BCUT2D eigenvalue weighted by Gasteiger charge is -2.28. The number of ether oxygens (including phenoxy) is 1. The van der Waals surface area contributed by atoms with E-state index >= 15 is 0 Å². The van der Waals surface area contributed by atoms with Gasteiger partial charge in [0, 0.05) is 42.2 Å². The molecule has 0 radical (unpaired) electrons. The lowest BCUT2D eigenvalue weighted by atomic mass is 9.96. The zero-order valence-electron chi connectivity index (χ0n) is 21.9. The average Bonchev–Trinajstić information content (AvgIpc) is 3.46. The third kappa shape index (κ3) is 5.01. The van der Waals surface area contributed by atoms with Gasteiger partial charge in [-0.3, -0.25) is 9.97 Å². The van der Waals surface area contributed by atoms with Gasteiger partial charge in [0.25, 0.3) is 0 Å². The van der Waals surface area contributed by atoms with E-state index in [0.717, 1.165) is 29.4 Å². The maximum atomic E-state index is 6.03. The van der Waals surface area contributed by atoms with E-state index in [4.69, 9.17) is 21.9 Å². The molecule has 6 rings (SSSR count). The van der Waals surface area contributed by atoms with Crippen LogP contribution in [-0.4, -0.2) is 19.6 Å². The van der Waals surface area contributed by atoms with Gasteiger partial charge in [-0.1, -0.05) is 24.3 Å². The largest absolute Gasteiger partial charge is 0.457 e. The molecule has 5 aromatic rings. The molecule has 0 aliphatic carbocycles. The quantitative estimate of drug-likeness (QED) is 0.230. The fourth-order valence-electron chi connectivity index (χ4n) is 5.29. The summed E-state index contributed by atoms with van der Waals surface area (Å²) in [5.41, 5.74) is 6.78. The highest BCUT2D eigenvalue weighted by molar-refractivity contribution is 7.80. The monoisotopic (exact) mass is 531 g/mol. The van der Waals surface area contributed by atoms with Crippen LogP contribution in [0, 0.1) is 13.8 Å². The molecule has 1 aliphatic rings. The van der Waals surface area contributed by atoms with Crippen molar-refractivity contribution in [3.05, 3.63) is 138 Å². The first-order valence-electron chi connectivity index (χ1n) is 13.0.